The normalized spacial score (nSPS) is 29.7. The molecule has 2 N–H and O–H groups in total. The van der Waals surface area contributed by atoms with E-state index in [2.05, 4.69) is 29.0 Å². The van der Waals surface area contributed by atoms with Crippen LogP contribution in [0.3, 0.4) is 0 Å². The Bertz CT molecular complexity index is 359. The van der Waals surface area contributed by atoms with Crippen LogP contribution in [0.25, 0.3) is 0 Å². The molecule has 2 aliphatic rings. The minimum atomic E-state index is 0.850. The molecule has 2 fully saturated rings. The first-order valence-corrected chi connectivity index (χ1v) is 6.01. The minimum absolute atomic E-state index is 0.850. The molecule has 2 heterocycles. The Morgan fingerprint density at radius 2 is 1.56 bits per heavy atom. The number of nitrogen functional groups attached to an aromatic ring is 1. The van der Waals surface area contributed by atoms with Crippen LogP contribution in [-0.4, -0.2) is 38.1 Å². The molecule has 0 radical (unpaired) electrons. The Hall–Kier alpha value is -1.22. The number of nitrogens with zero attached hydrogens (tertiary/aromatic N) is 2. The molecule has 3 heteroatoms. The van der Waals surface area contributed by atoms with E-state index in [1.807, 2.05) is 12.1 Å². The molecule has 0 aromatic heterocycles. The van der Waals surface area contributed by atoms with Crippen LogP contribution in [0.1, 0.15) is 0 Å². The van der Waals surface area contributed by atoms with Gasteiger partial charge in [-0.25, -0.2) is 0 Å². The van der Waals surface area contributed by atoms with Crippen molar-refractivity contribution in [3.05, 3.63) is 24.3 Å². The van der Waals surface area contributed by atoms with Crippen molar-refractivity contribution in [3.8, 4) is 0 Å². The van der Waals surface area contributed by atoms with Gasteiger partial charge < -0.3 is 15.5 Å². The summed E-state index contributed by atoms with van der Waals surface area (Å²) in [6, 6.07) is 8.27. The average molecular weight is 217 g/mol. The zero-order chi connectivity index (χ0) is 11.1. The lowest BCUT2D eigenvalue weighted by atomic mass is 10.0. The summed E-state index contributed by atoms with van der Waals surface area (Å²) in [6.07, 6.45) is 0. The van der Waals surface area contributed by atoms with Crippen LogP contribution in [0.2, 0.25) is 0 Å². The predicted octanol–water partition coefficient (Wildman–Crippen LogP) is 1.27. The van der Waals surface area contributed by atoms with Gasteiger partial charge in [0.05, 0.1) is 0 Å². The lowest BCUT2D eigenvalue weighted by Crippen LogP contribution is -2.26. The summed E-state index contributed by atoms with van der Waals surface area (Å²) < 4.78 is 0. The van der Waals surface area contributed by atoms with Gasteiger partial charge >= 0.3 is 0 Å². The van der Waals surface area contributed by atoms with Crippen LogP contribution in [0.5, 0.6) is 0 Å². The van der Waals surface area contributed by atoms with Gasteiger partial charge in [-0.1, -0.05) is 0 Å². The van der Waals surface area contributed by atoms with Crippen molar-refractivity contribution in [1.29, 1.82) is 0 Å². The van der Waals surface area contributed by atoms with Crippen molar-refractivity contribution in [2.45, 2.75) is 0 Å². The van der Waals surface area contributed by atoms with Gasteiger partial charge in [0.15, 0.2) is 0 Å². The number of hydrogen-bond acceptors (Lipinski definition) is 3. The molecule has 0 spiro atoms. The molecule has 0 saturated carbocycles. The van der Waals surface area contributed by atoms with Crippen molar-refractivity contribution < 1.29 is 0 Å². The van der Waals surface area contributed by atoms with E-state index in [0.717, 1.165) is 17.5 Å². The highest BCUT2D eigenvalue weighted by Gasteiger charge is 2.38. The van der Waals surface area contributed by atoms with E-state index in [9.17, 15) is 0 Å². The number of hydrogen-bond donors (Lipinski definition) is 1. The fourth-order valence-corrected chi connectivity index (χ4v) is 3.12. The minimum Gasteiger partial charge on any atom is -0.399 e. The molecule has 16 heavy (non-hydrogen) atoms. The summed E-state index contributed by atoms with van der Waals surface area (Å²) in [5.41, 5.74) is 7.89. The van der Waals surface area contributed by atoms with E-state index >= 15 is 0 Å². The maximum atomic E-state index is 5.71. The first-order chi connectivity index (χ1) is 7.72. The van der Waals surface area contributed by atoms with Gasteiger partial charge in [0, 0.05) is 37.6 Å². The number of anilines is 2. The summed E-state index contributed by atoms with van der Waals surface area (Å²) in [5, 5.41) is 0. The first kappa shape index (κ1) is 9.97. The number of nitrogens with two attached hydrogens (primary N) is 1. The van der Waals surface area contributed by atoms with Crippen LogP contribution < -0.4 is 10.6 Å². The van der Waals surface area contributed by atoms with Crippen molar-refractivity contribution >= 4 is 11.4 Å². The van der Waals surface area contributed by atoms with Gasteiger partial charge in [-0.3, -0.25) is 0 Å². The quantitative estimate of drug-likeness (QED) is 0.719. The largest absolute Gasteiger partial charge is 0.399 e. The van der Waals surface area contributed by atoms with Gasteiger partial charge in [0.25, 0.3) is 0 Å². The highest BCUT2D eigenvalue weighted by atomic mass is 15.2. The summed E-state index contributed by atoms with van der Waals surface area (Å²) >= 11 is 0. The van der Waals surface area contributed by atoms with E-state index in [4.69, 9.17) is 5.73 Å². The molecular weight excluding hydrogens is 198 g/mol. The summed E-state index contributed by atoms with van der Waals surface area (Å²) in [4.78, 5) is 4.96. The van der Waals surface area contributed by atoms with Crippen LogP contribution in [0.4, 0.5) is 11.4 Å². The second-order valence-corrected chi connectivity index (χ2v) is 5.24. The van der Waals surface area contributed by atoms with E-state index in [-0.39, 0.29) is 0 Å². The third kappa shape index (κ3) is 1.65. The van der Waals surface area contributed by atoms with Crippen molar-refractivity contribution in [1.82, 2.24) is 4.90 Å². The number of rotatable bonds is 1. The van der Waals surface area contributed by atoms with E-state index in [1.165, 1.54) is 31.9 Å². The van der Waals surface area contributed by atoms with Crippen LogP contribution in [0.15, 0.2) is 24.3 Å². The number of likely N-dealkylation sites (tertiary alicyclic amines) is 1. The second kappa shape index (κ2) is 3.67. The molecule has 0 aliphatic carbocycles. The van der Waals surface area contributed by atoms with Gasteiger partial charge in [-0.15, -0.1) is 0 Å². The summed E-state index contributed by atoms with van der Waals surface area (Å²) in [5.74, 6) is 1.73. The lowest BCUT2D eigenvalue weighted by Gasteiger charge is -2.21. The number of fused-ring (bicyclic) bond motifs is 1. The topological polar surface area (TPSA) is 32.5 Å². The Morgan fingerprint density at radius 1 is 1.00 bits per heavy atom. The summed E-state index contributed by atoms with van der Waals surface area (Å²) in [7, 11) is 2.23. The summed E-state index contributed by atoms with van der Waals surface area (Å²) in [6.45, 7) is 4.93. The van der Waals surface area contributed by atoms with Crippen molar-refractivity contribution in [2.75, 3.05) is 43.9 Å². The zero-order valence-corrected chi connectivity index (χ0v) is 9.76. The maximum Gasteiger partial charge on any atom is 0.0367 e. The first-order valence-electron chi connectivity index (χ1n) is 6.01. The van der Waals surface area contributed by atoms with Crippen molar-refractivity contribution in [2.24, 2.45) is 11.8 Å². The van der Waals surface area contributed by atoms with Gasteiger partial charge in [0.1, 0.15) is 0 Å². The molecule has 2 aliphatic heterocycles. The molecule has 0 bridgehead atoms. The zero-order valence-electron chi connectivity index (χ0n) is 9.76. The van der Waals surface area contributed by atoms with Gasteiger partial charge in [-0.05, 0) is 43.1 Å². The van der Waals surface area contributed by atoms with Crippen LogP contribution in [0, 0.1) is 11.8 Å². The predicted molar refractivity (Wildman–Crippen MR) is 67.5 cm³/mol. The third-order valence-corrected chi connectivity index (χ3v) is 3.93. The van der Waals surface area contributed by atoms with Crippen LogP contribution in [-0.2, 0) is 0 Å². The second-order valence-electron chi connectivity index (χ2n) is 5.24. The molecule has 2 saturated heterocycles. The van der Waals surface area contributed by atoms with E-state index in [1.54, 1.807) is 0 Å². The number of benzene rings is 1. The average Bonchev–Trinajstić information content (AvgIpc) is 2.75. The fourth-order valence-electron chi connectivity index (χ4n) is 3.12. The van der Waals surface area contributed by atoms with E-state index < -0.39 is 0 Å². The Labute approximate surface area is 96.8 Å². The van der Waals surface area contributed by atoms with Gasteiger partial charge in [0.2, 0.25) is 0 Å². The Kier molecular flexibility index (Phi) is 2.28. The monoisotopic (exact) mass is 217 g/mol. The smallest absolute Gasteiger partial charge is 0.0367 e. The molecule has 0 amide bonds. The molecule has 3 nitrogen and oxygen atoms in total. The SMILES string of the molecule is CN1C[C@@H]2CN(c3ccc(N)cc3)C[C@@H]2C1. The lowest BCUT2D eigenvalue weighted by molar-refractivity contribution is 0.387. The Morgan fingerprint density at radius 3 is 2.12 bits per heavy atom. The molecule has 1 aromatic carbocycles. The molecule has 86 valence electrons. The highest BCUT2D eigenvalue weighted by molar-refractivity contribution is 5.53. The molecular formula is C13H19N3. The Balaban J connectivity index is 1.73. The highest BCUT2D eigenvalue weighted by Crippen LogP contribution is 2.33. The third-order valence-electron chi connectivity index (χ3n) is 3.93. The molecule has 1 aromatic rings. The fraction of sp³-hybridized carbons (Fsp3) is 0.538. The van der Waals surface area contributed by atoms with E-state index in [0.29, 0.717) is 0 Å². The standard InChI is InChI=1S/C13H19N3/c1-15-6-10-8-16(9-11(10)7-15)13-4-2-12(14)3-5-13/h2-5,10-11H,6-9,14H2,1H3/t10-,11+. The van der Waals surface area contributed by atoms with Crippen molar-refractivity contribution in [3.63, 3.8) is 0 Å². The van der Waals surface area contributed by atoms with Crippen LogP contribution >= 0.6 is 0 Å². The van der Waals surface area contributed by atoms with Gasteiger partial charge in [-0.2, -0.15) is 0 Å². The molecule has 3 rings (SSSR count). The maximum absolute atomic E-state index is 5.71. The molecule has 0 unspecified atom stereocenters. The molecule has 2 atom stereocenters.